The van der Waals surface area contributed by atoms with Gasteiger partial charge in [-0.3, -0.25) is 9.89 Å². The Morgan fingerprint density at radius 2 is 1.59 bits per heavy atom. The summed E-state index contributed by atoms with van der Waals surface area (Å²) in [7, 11) is 2.13. The number of hydrogen-bond donors (Lipinski definition) is 0. The van der Waals surface area contributed by atoms with Crippen LogP contribution in [0.25, 0.3) is 0 Å². The Morgan fingerprint density at radius 1 is 1.00 bits per heavy atom. The molecule has 0 N–H and O–H groups in total. The summed E-state index contributed by atoms with van der Waals surface area (Å²) < 4.78 is 0. The van der Waals surface area contributed by atoms with Gasteiger partial charge in [-0.2, -0.15) is 0 Å². The van der Waals surface area contributed by atoms with Crippen LogP contribution >= 0.6 is 12.2 Å². The van der Waals surface area contributed by atoms with Crippen molar-refractivity contribution in [1.82, 2.24) is 9.80 Å². The Hall–Kier alpha value is -0.480. The molecule has 2 saturated heterocycles. The third kappa shape index (κ3) is 2.96. The maximum absolute atomic E-state index is 5.79. The highest BCUT2D eigenvalue weighted by molar-refractivity contribution is 7.80. The molecular formula is C18H31N3S. The first-order valence-electron chi connectivity index (χ1n) is 9.11. The van der Waals surface area contributed by atoms with Crippen LogP contribution in [0.2, 0.25) is 0 Å². The van der Waals surface area contributed by atoms with Crippen molar-refractivity contribution in [3.05, 3.63) is 0 Å². The minimum absolute atomic E-state index is 0.0227. The lowest BCUT2D eigenvalue weighted by atomic mass is 9.85. The van der Waals surface area contributed by atoms with Gasteiger partial charge in [-0.25, -0.2) is 0 Å². The number of nitrogens with zero attached hydrogens (tertiary/aromatic N) is 3. The van der Waals surface area contributed by atoms with Gasteiger partial charge >= 0.3 is 0 Å². The summed E-state index contributed by atoms with van der Waals surface area (Å²) in [5.74, 6) is 1.25. The second-order valence-corrected chi connectivity index (χ2v) is 8.25. The Labute approximate surface area is 141 Å². The molecule has 0 amide bonds. The third-order valence-electron chi connectivity index (χ3n) is 5.77. The first-order valence-corrected chi connectivity index (χ1v) is 9.52. The van der Waals surface area contributed by atoms with Crippen LogP contribution in [0.1, 0.15) is 65.2 Å². The van der Waals surface area contributed by atoms with Crippen LogP contribution < -0.4 is 0 Å². The number of aliphatic imine (C=N–C) groups is 1. The van der Waals surface area contributed by atoms with E-state index in [0.717, 1.165) is 4.99 Å². The van der Waals surface area contributed by atoms with Crippen LogP contribution in [0.4, 0.5) is 0 Å². The van der Waals surface area contributed by atoms with Crippen molar-refractivity contribution in [2.45, 2.75) is 77.3 Å². The van der Waals surface area contributed by atoms with Gasteiger partial charge in [0.25, 0.3) is 0 Å². The van der Waals surface area contributed by atoms with Gasteiger partial charge in [0.15, 0.2) is 0 Å². The van der Waals surface area contributed by atoms with E-state index >= 15 is 0 Å². The van der Waals surface area contributed by atoms with Gasteiger partial charge in [0.05, 0.1) is 17.1 Å². The molecule has 2 heterocycles. The van der Waals surface area contributed by atoms with Crippen molar-refractivity contribution in [3.63, 3.8) is 0 Å². The van der Waals surface area contributed by atoms with Gasteiger partial charge in [0.1, 0.15) is 5.84 Å². The number of rotatable bonds is 2. The number of hydrogen-bond acceptors (Lipinski definition) is 3. The van der Waals surface area contributed by atoms with Gasteiger partial charge in [-0.15, -0.1) is 0 Å². The Balaban J connectivity index is 1.89. The van der Waals surface area contributed by atoms with E-state index in [1.807, 2.05) is 0 Å². The molecule has 1 atom stereocenters. The van der Waals surface area contributed by atoms with E-state index in [2.05, 4.69) is 30.7 Å². The molecule has 0 aromatic heterocycles. The molecular weight excluding hydrogens is 290 g/mol. The topological polar surface area (TPSA) is 18.8 Å². The zero-order valence-electron chi connectivity index (χ0n) is 14.5. The molecule has 3 rings (SSSR count). The molecule has 0 spiro atoms. The van der Waals surface area contributed by atoms with Crippen molar-refractivity contribution in [2.75, 3.05) is 20.1 Å². The normalized spacial score (nSPS) is 32.9. The highest BCUT2D eigenvalue weighted by Crippen LogP contribution is 2.38. The number of amidine groups is 1. The molecule has 1 unspecified atom stereocenters. The minimum Gasteiger partial charge on any atom is -0.326 e. The van der Waals surface area contributed by atoms with Crippen LogP contribution in [0.5, 0.6) is 0 Å². The number of thiocarbonyl (C=S) groups is 1. The summed E-state index contributed by atoms with van der Waals surface area (Å²) in [6.07, 6.45) is 10.6. The van der Waals surface area contributed by atoms with Gasteiger partial charge in [-0.1, -0.05) is 51.7 Å². The average Bonchev–Trinajstić information content (AvgIpc) is 2.70. The molecule has 22 heavy (non-hydrogen) atoms. The highest BCUT2D eigenvalue weighted by Gasteiger charge is 2.50. The van der Waals surface area contributed by atoms with Crippen molar-refractivity contribution in [2.24, 2.45) is 10.4 Å². The highest BCUT2D eigenvalue weighted by atomic mass is 32.1. The van der Waals surface area contributed by atoms with Gasteiger partial charge in [0.2, 0.25) is 0 Å². The Morgan fingerprint density at radius 3 is 2.23 bits per heavy atom. The number of likely N-dealkylation sites (tertiary alicyclic amines) is 2. The fraction of sp³-hybridized carbons (Fsp3) is 0.889. The Bertz CT molecular complexity index is 445. The second kappa shape index (κ2) is 6.56. The maximum Gasteiger partial charge on any atom is 0.122 e. The van der Waals surface area contributed by atoms with Gasteiger partial charge < -0.3 is 4.90 Å². The zero-order valence-corrected chi connectivity index (χ0v) is 15.3. The number of likely N-dealkylation sites (N-methyl/N-ethyl adjacent to an activating group) is 1. The van der Waals surface area contributed by atoms with Crippen molar-refractivity contribution >= 4 is 23.0 Å². The quantitative estimate of drug-likeness (QED) is 0.720. The zero-order chi connectivity index (χ0) is 15.7. The van der Waals surface area contributed by atoms with Gasteiger partial charge in [0, 0.05) is 12.5 Å². The van der Waals surface area contributed by atoms with Crippen LogP contribution in [-0.2, 0) is 0 Å². The van der Waals surface area contributed by atoms with E-state index in [-0.39, 0.29) is 5.41 Å². The van der Waals surface area contributed by atoms with Crippen LogP contribution in [0, 0.1) is 5.41 Å². The lowest BCUT2D eigenvalue weighted by Gasteiger charge is -2.38. The average molecular weight is 322 g/mol. The lowest BCUT2D eigenvalue weighted by molar-refractivity contribution is 0.154. The van der Waals surface area contributed by atoms with Crippen molar-refractivity contribution in [3.8, 4) is 0 Å². The van der Waals surface area contributed by atoms with E-state index < -0.39 is 0 Å². The largest absolute Gasteiger partial charge is 0.326 e. The van der Waals surface area contributed by atoms with Gasteiger partial charge in [-0.05, 0) is 38.8 Å². The second-order valence-electron chi connectivity index (χ2n) is 7.86. The van der Waals surface area contributed by atoms with E-state index in [4.69, 9.17) is 17.2 Å². The van der Waals surface area contributed by atoms with E-state index in [9.17, 15) is 0 Å². The smallest absolute Gasteiger partial charge is 0.122 e. The van der Waals surface area contributed by atoms with Crippen LogP contribution in [0.3, 0.4) is 0 Å². The third-order valence-corrected chi connectivity index (χ3v) is 6.57. The van der Waals surface area contributed by atoms with Crippen molar-refractivity contribution < 1.29 is 0 Å². The predicted molar refractivity (Wildman–Crippen MR) is 97.7 cm³/mol. The molecule has 0 bridgehead atoms. The summed E-state index contributed by atoms with van der Waals surface area (Å²) in [5, 5.41) is 0. The molecule has 2 aliphatic heterocycles. The monoisotopic (exact) mass is 321 g/mol. The summed E-state index contributed by atoms with van der Waals surface area (Å²) in [6, 6.07) is 0.905. The van der Waals surface area contributed by atoms with Crippen molar-refractivity contribution in [1.29, 1.82) is 0 Å². The Kier molecular flexibility index (Phi) is 4.89. The number of piperidine rings is 1. The fourth-order valence-corrected chi connectivity index (χ4v) is 4.72. The standard InChI is InChI=1S/C18H31N3S/c1-18(2)15(21-12-8-5-9-13-21)16(20(3)17(18)22)19-14-10-6-4-7-11-14/h14-15H,4-13H2,1-3H3. The minimum atomic E-state index is 0.0227. The SMILES string of the molecule is CN1C(=S)C(C)(C)C(N2CCCCC2)C1=NC1CCCCC1. The van der Waals surface area contributed by atoms with E-state index in [1.165, 1.54) is 70.3 Å². The molecule has 3 nitrogen and oxygen atoms in total. The first kappa shape index (κ1) is 16.4. The van der Waals surface area contributed by atoms with Crippen LogP contribution in [-0.4, -0.2) is 52.8 Å². The summed E-state index contributed by atoms with van der Waals surface area (Å²) >= 11 is 5.79. The molecule has 0 aromatic carbocycles. The lowest BCUT2D eigenvalue weighted by Crippen LogP contribution is -2.50. The summed E-state index contributed by atoms with van der Waals surface area (Å²) in [6.45, 7) is 7.03. The molecule has 3 fully saturated rings. The molecule has 0 radical (unpaired) electrons. The molecule has 4 heteroatoms. The fourth-order valence-electron chi connectivity index (χ4n) is 4.51. The maximum atomic E-state index is 5.79. The molecule has 1 aliphatic carbocycles. The molecule has 1 saturated carbocycles. The van der Waals surface area contributed by atoms with E-state index in [1.54, 1.807) is 0 Å². The summed E-state index contributed by atoms with van der Waals surface area (Å²) in [5.41, 5.74) is 0.0227. The van der Waals surface area contributed by atoms with Crippen LogP contribution in [0.15, 0.2) is 4.99 Å². The molecule has 124 valence electrons. The van der Waals surface area contributed by atoms with E-state index in [0.29, 0.717) is 12.1 Å². The first-order chi connectivity index (χ1) is 10.5. The molecule has 3 aliphatic rings. The predicted octanol–water partition coefficient (Wildman–Crippen LogP) is 3.87. The molecule has 0 aromatic rings. The summed E-state index contributed by atoms with van der Waals surface area (Å²) in [4.78, 5) is 11.2.